The number of nitrogens with zero attached hydrogens (tertiary/aromatic N) is 3. The van der Waals surface area contributed by atoms with Crippen LogP contribution in [0.15, 0.2) is 5.51 Å². The van der Waals surface area contributed by atoms with Gasteiger partial charge in [0.15, 0.2) is 5.01 Å². The summed E-state index contributed by atoms with van der Waals surface area (Å²) in [5.74, 6) is 0. The summed E-state index contributed by atoms with van der Waals surface area (Å²) in [6, 6.07) is 0.324. The predicted molar refractivity (Wildman–Crippen MR) is 77.1 cm³/mol. The van der Waals surface area contributed by atoms with Crippen molar-refractivity contribution < 1.29 is 0 Å². The molecule has 0 amide bonds. The lowest BCUT2D eigenvalue weighted by molar-refractivity contribution is 0.513. The topological polar surface area (TPSA) is 50.7 Å². The third-order valence-electron chi connectivity index (χ3n) is 2.73. The Labute approximate surface area is 116 Å². The number of hydrogen-bond acceptors (Lipinski definition) is 6. The van der Waals surface area contributed by atoms with E-state index in [1.165, 1.54) is 0 Å². The summed E-state index contributed by atoms with van der Waals surface area (Å²) in [6.07, 6.45) is 2.17. The third kappa shape index (κ3) is 2.93. The molecule has 4 nitrogen and oxygen atoms in total. The van der Waals surface area contributed by atoms with Gasteiger partial charge in [-0.25, -0.2) is 4.98 Å². The van der Waals surface area contributed by atoms with E-state index >= 15 is 0 Å². The van der Waals surface area contributed by atoms with Crippen molar-refractivity contribution in [1.82, 2.24) is 20.5 Å². The van der Waals surface area contributed by atoms with Gasteiger partial charge in [0, 0.05) is 0 Å². The zero-order chi connectivity index (χ0) is 13.0. The monoisotopic (exact) mass is 282 g/mol. The first kappa shape index (κ1) is 13.6. The lowest BCUT2D eigenvalue weighted by Crippen LogP contribution is -2.21. The van der Waals surface area contributed by atoms with Crippen molar-refractivity contribution in [3.63, 3.8) is 0 Å². The maximum atomic E-state index is 4.32. The molecule has 2 heterocycles. The van der Waals surface area contributed by atoms with Gasteiger partial charge >= 0.3 is 0 Å². The lowest BCUT2D eigenvalue weighted by Gasteiger charge is -2.12. The zero-order valence-electron chi connectivity index (χ0n) is 10.9. The molecule has 2 rings (SSSR count). The van der Waals surface area contributed by atoms with E-state index in [0.29, 0.717) is 6.04 Å². The number of hydrogen-bond donors (Lipinski definition) is 1. The summed E-state index contributed by atoms with van der Waals surface area (Å²) in [5.41, 5.74) is 2.90. The Morgan fingerprint density at radius 2 is 2.17 bits per heavy atom. The molecule has 98 valence electrons. The first-order valence-corrected chi connectivity index (χ1v) is 7.93. The van der Waals surface area contributed by atoms with Crippen molar-refractivity contribution in [2.45, 2.75) is 39.7 Å². The standard InChI is InChI=1S/C12H18N4S2/c1-4-6-13-9(5-2)11-15-16-12(18-11)10-8(3)14-7-17-10/h7,9,13H,4-6H2,1-3H3. The fourth-order valence-corrected chi connectivity index (χ4v) is 3.64. The van der Waals surface area contributed by atoms with Crippen LogP contribution in [0.3, 0.4) is 0 Å². The van der Waals surface area contributed by atoms with Gasteiger partial charge in [0.2, 0.25) is 0 Å². The molecular weight excluding hydrogens is 264 g/mol. The van der Waals surface area contributed by atoms with Gasteiger partial charge < -0.3 is 5.32 Å². The van der Waals surface area contributed by atoms with Crippen molar-refractivity contribution in [2.24, 2.45) is 0 Å². The highest BCUT2D eigenvalue weighted by molar-refractivity contribution is 7.20. The van der Waals surface area contributed by atoms with Crippen LogP contribution in [0.4, 0.5) is 0 Å². The number of aromatic nitrogens is 3. The van der Waals surface area contributed by atoms with E-state index in [-0.39, 0.29) is 0 Å². The fraction of sp³-hybridized carbons (Fsp3) is 0.583. The van der Waals surface area contributed by atoms with Gasteiger partial charge in [0.25, 0.3) is 0 Å². The molecule has 0 aliphatic heterocycles. The van der Waals surface area contributed by atoms with Gasteiger partial charge in [0.1, 0.15) is 5.01 Å². The second-order valence-electron chi connectivity index (χ2n) is 4.13. The minimum atomic E-state index is 0.324. The molecule has 0 aliphatic rings. The third-order valence-corrected chi connectivity index (χ3v) is 4.85. The molecule has 1 unspecified atom stereocenters. The number of aryl methyl sites for hydroxylation is 1. The Kier molecular flexibility index (Phi) is 4.79. The van der Waals surface area contributed by atoms with Crippen LogP contribution in [-0.2, 0) is 0 Å². The van der Waals surface area contributed by atoms with Crippen LogP contribution in [-0.4, -0.2) is 21.7 Å². The summed E-state index contributed by atoms with van der Waals surface area (Å²) in [4.78, 5) is 5.40. The molecule has 1 atom stereocenters. The van der Waals surface area contributed by atoms with Gasteiger partial charge in [-0.2, -0.15) is 0 Å². The van der Waals surface area contributed by atoms with Crippen molar-refractivity contribution in [3.8, 4) is 9.88 Å². The Hall–Kier alpha value is -0.850. The Bertz CT molecular complexity index is 492. The van der Waals surface area contributed by atoms with Gasteiger partial charge in [-0.05, 0) is 26.3 Å². The molecule has 0 fully saturated rings. The average molecular weight is 282 g/mol. The predicted octanol–water partition coefficient (Wildman–Crippen LogP) is 3.42. The molecule has 2 aromatic rings. The number of thiazole rings is 1. The number of rotatable bonds is 6. The van der Waals surface area contributed by atoms with Gasteiger partial charge in [-0.15, -0.1) is 21.5 Å². The molecular formula is C12H18N4S2. The van der Waals surface area contributed by atoms with E-state index in [1.54, 1.807) is 22.7 Å². The first-order chi connectivity index (χ1) is 8.76. The van der Waals surface area contributed by atoms with E-state index in [0.717, 1.165) is 40.0 Å². The second kappa shape index (κ2) is 6.36. The zero-order valence-corrected chi connectivity index (χ0v) is 12.6. The second-order valence-corrected chi connectivity index (χ2v) is 5.99. The van der Waals surface area contributed by atoms with Crippen LogP contribution in [0.2, 0.25) is 0 Å². The molecule has 18 heavy (non-hydrogen) atoms. The summed E-state index contributed by atoms with van der Waals surface area (Å²) in [6.45, 7) is 7.38. The van der Waals surface area contributed by atoms with Gasteiger partial charge in [0.05, 0.1) is 22.1 Å². The minimum Gasteiger partial charge on any atom is -0.308 e. The maximum Gasteiger partial charge on any atom is 0.159 e. The van der Waals surface area contributed by atoms with E-state index < -0.39 is 0 Å². The summed E-state index contributed by atoms with van der Waals surface area (Å²) < 4.78 is 0. The fourth-order valence-electron chi connectivity index (χ4n) is 1.70. The molecule has 6 heteroatoms. The molecule has 2 aromatic heterocycles. The Balaban J connectivity index is 2.16. The van der Waals surface area contributed by atoms with Crippen molar-refractivity contribution in [1.29, 1.82) is 0 Å². The van der Waals surface area contributed by atoms with Crippen LogP contribution in [0, 0.1) is 6.92 Å². The molecule has 0 spiro atoms. The highest BCUT2D eigenvalue weighted by atomic mass is 32.1. The van der Waals surface area contributed by atoms with Crippen molar-refractivity contribution >= 4 is 22.7 Å². The Morgan fingerprint density at radius 3 is 2.78 bits per heavy atom. The molecule has 0 bridgehead atoms. The van der Waals surface area contributed by atoms with E-state index in [9.17, 15) is 0 Å². The van der Waals surface area contributed by atoms with E-state index in [4.69, 9.17) is 0 Å². The lowest BCUT2D eigenvalue weighted by atomic mass is 10.2. The molecule has 1 N–H and O–H groups in total. The summed E-state index contributed by atoms with van der Waals surface area (Å²) >= 11 is 3.30. The highest BCUT2D eigenvalue weighted by Gasteiger charge is 2.16. The van der Waals surface area contributed by atoms with Crippen LogP contribution < -0.4 is 5.32 Å². The van der Waals surface area contributed by atoms with E-state index in [1.807, 2.05) is 12.4 Å². The van der Waals surface area contributed by atoms with Crippen molar-refractivity contribution in [2.75, 3.05) is 6.54 Å². The van der Waals surface area contributed by atoms with Gasteiger partial charge in [-0.3, -0.25) is 0 Å². The first-order valence-electron chi connectivity index (χ1n) is 6.23. The molecule has 0 saturated heterocycles. The van der Waals surface area contributed by atoms with Crippen LogP contribution in [0.1, 0.15) is 43.4 Å². The maximum absolute atomic E-state index is 4.32. The molecule has 0 radical (unpaired) electrons. The average Bonchev–Trinajstić information content (AvgIpc) is 2.99. The molecule has 0 aliphatic carbocycles. The highest BCUT2D eigenvalue weighted by Crippen LogP contribution is 2.32. The van der Waals surface area contributed by atoms with E-state index in [2.05, 4.69) is 34.3 Å². The normalized spacial score (nSPS) is 12.8. The largest absolute Gasteiger partial charge is 0.308 e. The minimum absolute atomic E-state index is 0.324. The smallest absolute Gasteiger partial charge is 0.159 e. The van der Waals surface area contributed by atoms with Crippen LogP contribution in [0.25, 0.3) is 9.88 Å². The number of nitrogens with one attached hydrogen (secondary N) is 1. The van der Waals surface area contributed by atoms with Crippen LogP contribution >= 0.6 is 22.7 Å². The summed E-state index contributed by atoms with van der Waals surface area (Å²) in [7, 11) is 0. The SMILES string of the molecule is CCCNC(CC)c1nnc(-c2scnc2C)s1. The molecule has 0 aromatic carbocycles. The van der Waals surface area contributed by atoms with Gasteiger partial charge in [-0.1, -0.05) is 25.2 Å². The van der Waals surface area contributed by atoms with Crippen LogP contribution in [0.5, 0.6) is 0 Å². The quantitative estimate of drug-likeness (QED) is 0.882. The summed E-state index contributed by atoms with van der Waals surface area (Å²) in [5, 5.41) is 14.2. The Morgan fingerprint density at radius 1 is 1.33 bits per heavy atom. The van der Waals surface area contributed by atoms with Crippen molar-refractivity contribution in [3.05, 3.63) is 16.2 Å². The molecule has 0 saturated carbocycles.